The van der Waals surface area contributed by atoms with E-state index in [9.17, 15) is 27.6 Å². The molecule has 0 amide bonds. The van der Waals surface area contributed by atoms with Crippen LogP contribution in [0.15, 0.2) is 33.7 Å². The van der Waals surface area contributed by atoms with E-state index in [4.69, 9.17) is 16.0 Å². The van der Waals surface area contributed by atoms with Gasteiger partial charge >= 0.3 is 0 Å². The largest absolute Gasteiger partial charge is 0.425 e. The van der Waals surface area contributed by atoms with Crippen LogP contribution in [0.4, 0.5) is 13.2 Å². The smallest absolute Gasteiger partial charge is 0.286 e. The second-order valence-corrected chi connectivity index (χ2v) is 8.15. The summed E-state index contributed by atoms with van der Waals surface area (Å²) in [7, 11) is 0. The van der Waals surface area contributed by atoms with Crippen LogP contribution >= 0.6 is 22.9 Å². The zero-order valence-corrected chi connectivity index (χ0v) is 18.0. The van der Waals surface area contributed by atoms with E-state index in [1.807, 2.05) is 0 Å². The maximum absolute atomic E-state index is 13.8. The van der Waals surface area contributed by atoms with Gasteiger partial charge in [0.1, 0.15) is 4.34 Å². The summed E-state index contributed by atoms with van der Waals surface area (Å²) < 4.78 is 45.0. The van der Waals surface area contributed by atoms with Gasteiger partial charge in [-0.2, -0.15) is 0 Å². The molecule has 0 atom stereocenters. The minimum Gasteiger partial charge on any atom is -0.425 e. The fraction of sp³-hybridized carbons (Fsp3) is 0.238. The number of alkyl halides is 2. The Balaban J connectivity index is 1.78. The predicted molar refractivity (Wildman–Crippen MR) is 111 cm³/mol. The van der Waals surface area contributed by atoms with Gasteiger partial charge in [0, 0.05) is 19.0 Å². The second-order valence-electron chi connectivity index (χ2n) is 6.50. The molecule has 0 radical (unpaired) electrons. The summed E-state index contributed by atoms with van der Waals surface area (Å²) in [6.45, 7) is 0.693. The van der Waals surface area contributed by atoms with E-state index in [0.717, 1.165) is 23.6 Å². The number of carbonyl (C=O) groups is 2. The van der Waals surface area contributed by atoms with Crippen LogP contribution < -0.4 is 5.56 Å². The molecule has 11 heteroatoms. The van der Waals surface area contributed by atoms with Gasteiger partial charge in [-0.1, -0.05) is 24.4 Å². The average molecular weight is 483 g/mol. The van der Waals surface area contributed by atoms with Crippen molar-refractivity contribution in [1.29, 1.82) is 0 Å². The zero-order chi connectivity index (χ0) is 23.4. The summed E-state index contributed by atoms with van der Waals surface area (Å²) in [5.74, 6) is 3.54. The number of halogens is 4. The van der Waals surface area contributed by atoms with Crippen molar-refractivity contribution < 1.29 is 27.2 Å². The Labute approximate surface area is 188 Å². The first kappa shape index (κ1) is 23.5. The second kappa shape index (κ2) is 9.97. The van der Waals surface area contributed by atoms with Crippen LogP contribution in [0.5, 0.6) is 0 Å². The minimum absolute atomic E-state index is 0.0514. The number of hydrogen-bond acceptors (Lipinski definition) is 6. The molecule has 166 valence electrons. The summed E-state index contributed by atoms with van der Waals surface area (Å²) in [5, 5.41) is 0. The summed E-state index contributed by atoms with van der Waals surface area (Å²) in [4.78, 5) is 39.8. The number of Topliss-reactive ketones (excluding diaryl/α,β-unsaturated/α-hetero) is 2. The monoisotopic (exact) mass is 482 g/mol. The van der Waals surface area contributed by atoms with E-state index in [1.165, 1.54) is 12.3 Å². The van der Waals surface area contributed by atoms with Crippen molar-refractivity contribution in [2.24, 2.45) is 0 Å². The molecule has 6 nitrogen and oxygen atoms in total. The zero-order valence-electron chi connectivity index (χ0n) is 16.5. The number of pyridine rings is 1. The first-order valence-corrected chi connectivity index (χ1v) is 10.4. The maximum atomic E-state index is 13.8. The Kier molecular flexibility index (Phi) is 7.33. The molecule has 0 aromatic carbocycles. The lowest BCUT2D eigenvalue weighted by atomic mass is 10.1. The molecule has 0 unspecified atom stereocenters. The first-order chi connectivity index (χ1) is 15.2. The van der Waals surface area contributed by atoms with Crippen LogP contribution in [-0.2, 0) is 13.0 Å². The average Bonchev–Trinajstić information content (AvgIpc) is 3.36. The van der Waals surface area contributed by atoms with E-state index in [1.54, 1.807) is 6.92 Å². The van der Waals surface area contributed by atoms with E-state index in [-0.39, 0.29) is 45.1 Å². The molecule has 0 saturated heterocycles. The number of aromatic nitrogens is 2. The molecule has 0 spiro atoms. The van der Waals surface area contributed by atoms with Gasteiger partial charge in [-0.25, -0.2) is 18.2 Å². The first-order valence-electron chi connectivity index (χ1n) is 9.18. The summed E-state index contributed by atoms with van der Waals surface area (Å²) in [6, 6.07) is 2.28. The van der Waals surface area contributed by atoms with Crippen LogP contribution in [0, 0.1) is 17.7 Å². The summed E-state index contributed by atoms with van der Waals surface area (Å²) in [6.07, 6.45) is -0.612. The number of nitrogens with zero attached hydrogens (tertiary/aromatic N) is 2. The summed E-state index contributed by atoms with van der Waals surface area (Å²) in [5.41, 5.74) is -0.789. The summed E-state index contributed by atoms with van der Waals surface area (Å²) >= 11 is 7.08. The van der Waals surface area contributed by atoms with Crippen LogP contribution in [0.2, 0.25) is 4.34 Å². The Morgan fingerprint density at radius 2 is 2.03 bits per heavy atom. The van der Waals surface area contributed by atoms with Crippen molar-refractivity contribution in [3.8, 4) is 11.8 Å². The molecule has 0 fully saturated rings. The highest BCUT2D eigenvalue weighted by Gasteiger charge is 2.17. The molecule has 3 heterocycles. The van der Waals surface area contributed by atoms with Crippen molar-refractivity contribution in [2.45, 2.75) is 32.7 Å². The van der Waals surface area contributed by atoms with Crippen molar-refractivity contribution >= 4 is 34.5 Å². The third-order valence-electron chi connectivity index (χ3n) is 4.15. The quantitative estimate of drug-likeness (QED) is 0.369. The molecule has 0 aliphatic rings. The minimum atomic E-state index is -2.85. The lowest BCUT2D eigenvalue weighted by Gasteiger charge is -2.08. The van der Waals surface area contributed by atoms with Crippen molar-refractivity contribution in [3.05, 3.63) is 72.7 Å². The van der Waals surface area contributed by atoms with Crippen LogP contribution in [0.25, 0.3) is 0 Å². The fourth-order valence-corrected chi connectivity index (χ4v) is 3.77. The standard InChI is InChI=1S/C21H14ClF3N2O4S/c1-2-15(28)20-26-8-13(31-20)4-3-12-7-17(32-19(12)22)16(29)6-11-5-14(23)21(30)27(9-11)10-18(24)25/h5,7-9,18H,2,6,10H2,1H3. The van der Waals surface area contributed by atoms with Gasteiger partial charge < -0.3 is 8.98 Å². The molecule has 0 aliphatic carbocycles. The van der Waals surface area contributed by atoms with E-state index < -0.39 is 30.1 Å². The molecule has 3 aromatic rings. The lowest BCUT2D eigenvalue weighted by molar-refractivity contribution is 0.0953. The molecule has 0 aliphatic heterocycles. The Morgan fingerprint density at radius 3 is 2.72 bits per heavy atom. The van der Waals surface area contributed by atoms with Gasteiger partial charge in [0.15, 0.2) is 17.4 Å². The molecule has 3 rings (SSSR count). The van der Waals surface area contributed by atoms with E-state index >= 15 is 0 Å². The number of ketones is 2. The normalized spacial score (nSPS) is 10.8. The topological polar surface area (TPSA) is 82.2 Å². The Hall–Kier alpha value is -3.16. The number of carbonyl (C=O) groups excluding carboxylic acids is 2. The van der Waals surface area contributed by atoms with Crippen molar-refractivity contribution in [2.75, 3.05) is 0 Å². The highest BCUT2D eigenvalue weighted by molar-refractivity contribution is 7.18. The predicted octanol–water partition coefficient (Wildman–Crippen LogP) is 4.37. The number of rotatable bonds is 7. The van der Waals surface area contributed by atoms with E-state index in [2.05, 4.69) is 16.8 Å². The van der Waals surface area contributed by atoms with Crippen molar-refractivity contribution in [1.82, 2.24) is 9.55 Å². The van der Waals surface area contributed by atoms with Crippen LogP contribution in [0.1, 0.15) is 50.6 Å². The van der Waals surface area contributed by atoms with Gasteiger partial charge in [-0.15, -0.1) is 11.3 Å². The molecule has 0 bridgehead atoms. The van der Waals surface area contributed by atoms with Gasteiger partial charge in [-0.05, 0) is 23.6 Å². The Morgan fingerprint density at radius 1 is 1.28 bits per heavy atom. The highest BCUT2D eigenvalue weighted by atomic mass is 35.5. The van der Waals surface area contributed by atoms with Gasteiger partial charge in [0.25, 0.3) is 17.9 Å². The third-order valence-corrected chi connectivity index (χ3v) is 5.55. The molecule has 0 saturated carbocycles. The van der Waals surface area contributed by atoms with Crippen molar-refractivity contribution in [3.63, 3.8) is 0 Å². The lowest BCUT2D eigenvalue weighted by Crippen LogP contribution is -2.26. The Bertz CT molecular complexity index is 1300. The maximum Gasteiger partial charge on any atom is 0.286 e. The van der Waals surface area contributed by atoms with Gasteiger partial charge in [0.05, 0.1) is 23.2 Å². The third kappa shape index (κ3) is 5.55. The molecule has 3 aromatic heterocycles. The molecular formula is C21H14ClF3N2O4S. The SMILES string of the molecule is CCC(=O)c1ncc(C#Cc2cc(C(=O)Cc3cc(F)c(=O)n(CC(F)F)c3)sc2Cl)o1. The highest BCUT2D eigenvalue weighted by Crippen LogP contribution is 2.28. The van der Waals surface area contributed by atoms with Crippen LogP contribution in [0.3, 0.4) is 0 Å². The van der Waals surface area contributed by atoms with Gasteiger partial charge in [-0.3, -0.25) is 14.4 Å². The fourth-order valence-electron chi connectivity index (χ4n) is 2.64. The number of oxazole rings is 1. The van der Waals surface area contributed by atoms with Gasteiger partial charge in [0.2, 0.25) is 5.78 Å². The molecular weight excluding hydrogens is 469 g/mol. The number of thiophene rings is 1. The number of hydrogen-bond donors (Lipinski definition) is 0. The van der Waals surface area contributed by atoms with Crippen LogP contribution in [-0.4, -0.2) is 27.5 Å². The van der Waals surface area contributed by atoms with E-state index in [0.29, 0.717) is 10.1 Å². The molecule has 32 heavy (non-hydrogen) atoms. The molecule has 0 N–H and O–H groups in total.